The summed E-state index contributed by atoms with van der Waals surface area (Å²) in [7, 11) is 1.83. The number of hydrogen-bond donors (Lipinski definition) is 2. The van der Waals surface area contributed by atoms with Crippen LogP contribution in [0.1, 0.15) is 19.3 Å². The number of nitrogens with one attached hydrogen (secondary N) is 2. The molecule has 0 aliphatic heterocycles. The van der Waals surface area contributed by atoms with Crippen molar-refractivity contribution < 1.29 is 0 Å². The van der Waals surface area contributed by atoms with Crippen LogP contribution in [0.15, 0.2) is 4.99 Å². The minimum atomic E-state index is 0. The van der Waals surface area contributed by atoms with E-state index < -0.39 is 0 Å². The van der Waals surface area contributed by atoms with Gasteiger partial charge in [0.25, 0.3) is 0 Å². The Kier molecular flexibility index (Phi) is 8.86. The van der Waals surface area contributed by atoms with Gasteiger partial charge in [0.05, 0.1) is 0 Å². The minimum Gasteiger partial charge on any atom is -0.356 e. The Bertz CT molecular complexity index is 171. The molecule has 1 fully saturated rings. The summed E-state index contributed by atoms with van der Waals surface area (Å²) in [5.74, 6) is 2.18. The first-order valence-corrected chi connectivity index (χ1v) is 6.22. The van der Waals surface area contributed by atoms with Gasteiger partial charge in [-0.25, -0.2) is 0 Å². The lowest BCUT2D eigenvalue weighted by Gasteiger charge is -2.10. The zero-order chi connectivity index (χ0) is 9.52. The van der Waals surface area contributed by atoms with Crippen LogP contribution in [-0.2, 0) is 0 Å². The minimum absolute atomic E-state index is 0. The molecule has 3 nitrogen and oxygen atoms in total. The number of halogens is 1. The quantitative estimate of drug-likeness (QED) is 0.349. The first kappa shape index (κ1) is 14.3. The number of hydrogen-bond acceptors (Lipinski definition) is 2. The highest BCUT2D eigenvalue weighted by Crippen LogP contribution is 2.18. The maximum absolute atomic E-state index is 4.15. The van der Waals surface area contributed by atoms with Crippen molar-refractivity contribution in [3.8, 4) is 0 Å². The van der Waals surface area contributed by atoms with Crippen LogP contribution >= 0.6 is 35.7 Å². The van der Waals surface area contributed by atoms with Crippen molar-refractivity contribution in [2.45, 2.75) is 25.3 Å². The van der Waals surface area contributed by atoms with Gasteiger partial charge in [0.2, 0.25) is 0 Å². The molecule has 0 bridgehead atoms. The van der Waals surface area contributed by atoms with Crippen molar-refractivity contribution in [2.75, 3.05) is 25.6 Å². The van der Waals surface area contributed by atoms with E-state index in [9.17, 15) is 0 Å². The highest BCUT2D eigenvalue weighted by Gasteiger charge is 2.21. The first-order valence-electron chi connectivity index (χ1n) is 4.83. The SMILES string of the molecule is CN=C(NCCCSC)NC1CC1.I. The summed E-state index contributed by atoms with van der Waals surface area (Å²) >= 11 is 1.89. The molecular weight excluding hydrogens is 309 g/mol. The number of rotatable bonds is 5. The molecule has 0 spiro atoms. The Morgan fingerprint density at radius 1 is 1.50 bits per heavy atom. The Morgan fingerprint density at radius 2 is 2.21 bits per heavy atom. The van der Waals surface area contributed by atoms with Crippen molar-refractivity contribution in [1.29, 1.82) is 0 Å². The molecule has 5 heteroatoms. The number of aliphatic imine (C=N–C) groups is 1. The monoisotopic (exact) mass is 329 g/mol. The van der Waals surface area contributed by atoms with Crippen LogP contribution in [-0.4, -0.2) is 37.6 Å². The van der Waals surface area contributed by atoms with Gasteiger partial charge in [-0.05, 0) is 31.3 Å². The first-order chi connectivity index (χ1) is 6.36. The van der Waals surface area contributed by atoms with E-state index in [4.69, 9.17) is 0 Å². The molecule has 0 radical (unpaired) electrons. The van der Waals surface area contributed by atoms with Crippen LogP contribution in [0.5, 0.6) is 0 Å². The van der Waals surface area contributed by atoms with Crippen molar-refractivity contribution in [3.63, 3.8) is 0 Å². The second kappa shape index (κ2) is 8.64. The highest BCUT2D eigenvalue weighted by atomic mass is 127. The van der Waals surface area contributed by atoms with E-state index in [1.54, 1.807) is 0 Å². The Hall–Kier alpha value is 0.350. The van der Waals surface area contributed by atoms with Gasteiger partial charge in [-0.3, -0.25) is 4.99 Å². The zero-order valence-electron chi connectivity index (χ0n) is 8.88. The summed E-state index contributed by atoms with van der Waals surface area (Å²) in [5, 5.41) is 6.65. The van der Waals surface area contributed by atoms with E-state index in [0.29, 0.717) is 6.04 Å². The molecule has 1 saturated carbocycles. The summed E-state index contributed by atoms with van der Waals surface area (Å²) < 4.78 is 0. The van der Waals surface area contributed by atoms with Crippen LogP contribution < -0.4 is 10.6 Å². The fourth-order valence-corrected chi connectivity index (χ4v) is 1.47. The van der Waals surface area contributed by atoms with E-state index in [1.165, 1.54) is 25.0 Å². The third-order valence-corrected chi connectivity index (χ3v) is 2.66. The molecule has 0 aromatic carbocycles. The Balaban J connectivity index is 0.00000169. The van der Waals surface area contributed by atoms with Crippen LogP contribution in [0, 0.1) is 0 Å². The molecule has 2 N–H and O–H groups in total. The molecule has 14 heavy (non-hydrogen) atoms. The van der Waals surface area contributed by atoms with Crippen LogP contribution in [0.25, 0.3) is 0 Å². The number of thioether (sulfide) groups is 1. The van der Waals surface area contributed by atoms with Crippen molar-refractivity contribution in [1.82, 2.24) is 10.6 Å². The molecule has 1 aliphatic carbocycles. The van der Waals surface area contributed by atoms with Gasteiger partial charge in [-0.1, -0.05) is 0 Å². The fraction of sp³-hybridized carbons (Fsp3) is 0.889. The van der Waals surface area contributed by atoms with E-state index in [0.717, 1.165) is 12.5 Å². The molecule has 84 valence electrons. The summed E-state index contributed by atoms with van der Waals surface area (Å²) in [4.78, 5) is 4.15. The molecule has 0 saturated heterocycles. The van der Waals surface area contributed by atoms with E-state index >= 15 is 0 Å². The third kappa shape index (κ3) is 6.75. The molecule has 0 unspecified atom stereocenters. The van der Waals surface area contributed by atoms with Gasteiger partial charge in [-0.2, -0.15) is 11.8 Å². The van der Waals surface area contributed by atoms with Crippen LogP contribution in [0.3, 0.4) is 0 Å². The fourth-order valence-electron chi connectivity index (χ4n) is 1.04. The third-order valence-electron chi connectivity index (χ3n) is 1.96. The average molecular weight is 329 g/mol. The summed E-state index contributed by atoms with van der Waals surface area (Å²) in [6.45, 7) is 1.02. The Labute approximate surface area is 108 Å². The number of nitrogens with zero attached hydrogens (tertiary/aromatic N) is 1. The standard InChI is InChI=1S/C9H19N3S.HI/c1-10-9(12-8-4-5-8)11-6-3-7-13-2;/h8H,3-7H2,1-2H3,(H2,10,11,12);1H. The van der Waals surface area contributed by atoms with Gasteiger partial charge < -0.3 is 10.6 Å². The lowest BCUT2D eigenvalue weighted by molar-refractivity contribution is 0.783. The van der Waals surface area contributed by atoms with E-state index in [1.807, 2.05) is 18.8 Å². The summed E-state index contributed by atoms with van der Waals surface area (Å²) in [6, 6.07) is 0.687. The van der Waals surface area contributed by atoms with Crippen molar-refractivity contribution in [3.05, 3.63) is 0 Å². The largest absolute Gasteiger partial charge is 0.356 e. The number of guanidine groups is 1. The van der Waals surface area contributed by atoms with Gasteiger partial charge in [0.1, 0.15) is 0 Å². The maximum Gasteiger partial charge on any atom is 0.191 e. The molecule has 1 aliphatic rings. The maximum atomic E-state index is 4.15. The normalized spacial score (nSPS) is 16.0. The molecule has 0 atom stereocenters. The molecule has 0 aromatic rings. The average Bonchev–Trinajstić information content (AvgIpc) is 2.94. The highest BCUT2D eigenvalue weighted by molar-refractivity contribution is 14.0. The molecule has 0 aromatic heterocycles. The van der Waals surface area contributed by atoms with E-state index in [2.05, 4.69) is 21.9 Å². The van der Waals surface area contributed by atoms with Gasteiger partial charge in [0, 0.05) is 19.6 Å². The zero-order valence-corrected chi connectivity index (χ0v) is 12.0. The van der Waals surface area contributed by atoms with Gasteiger partial charge in [-0.15, -0.1) is 24.0 Å². The van der Waals surface area contributed by atoms with Gasteiger partial charge >= 0.3 is 0 Å². The van der Waals surface area contributed by atoms with Crippen molar-refractivity contribution in [2.24, 2.45) is 4.99 Å². The van der Waals surface area contributed by atoms with Crippen LogP contribution in [0.4, 0.5) is 0 Å². The van der Waals surface area contributed by atoms with Crippen LogP contribution in [0.2, 0.25) is 0 Å². The predicted molar refractivity (Wildman–Crippen MR) is 75.9 cm³/mol. The molecule has 0 heterocycles. The van der Waals surface area contributed by atoms with E-state index in [-0.39, 0.29) is 24.0 Å². The second-order valence-electron chi connectivity index (χ2n) is 3.26. The second-order valence-corrected chi connectivity index (χ2v) is 4.25. The summed E-state index contributed by atoms with van der Waals surface area (Å²) in [6.07, 6.45) is 5.93. The lowest BCUT2D eigenvalue weighted by Crippen LogP contribution is -2.39. The topological polar surface area (TPSA) is 36.4 Å². The molecule has 0 amide bonds. The van der Waals surface area contributed by atoms with Crippen molar-refractivity contribution >= 4 is 41.7 Å². The van der Waals surface area contributed by atoms with Gasteiger partial charge in [0.15, 0.2) is 5.96 Å². The Morgan fingerprint density at radius 3 is 2.71 bits per heavy atom. The lowest BCUT2D eigenvalue weighted by atomic mass is 10.5. The molecule has 1 rings (SSSR count). The predicted octanol–water partition coefficient (Wildman–Crippen LogP) is 1.68. The smallest absolute Gasteiger partial charge is 0.191 e. The molecular formula is C9H20IN3S. The summed E-state index contributed by atoms with van der Waals surface area (Å²) in [5.41, 5.74) is 0.